The van der Waals surface area contributed by atoms with Crippen molar-refractivity contribution in [3.8, 4) is 5.06 Å². The third-order valence-corrected chi connectivity index (χ3v) is 3.02. The third-order valence-electron chi connectivity index (χ3n) is 1.58. The molecule has 1 heterocycles. The van der Waals surface area contributed by atoms with Crippen LogP contribution in [0.1, 0.15) is 18.9 Å². The van der Waals surface area contributed by atoms with Gasteiger partial charge in [-0.1, -0.05) is 22.9 Å². The van der Waals surface area contributed by atoms with Crippen LogP contribution in [0.3, 0.4) is 0 Å². The molecule has 0 atom stereocenters. The van der Waals surface area contributed by atoms with Crippen LogP contribution in [0.25, 0.3) is 0 Å². The molecule has 0 saturated heterocycles. The largest absolute Gasteiger partial charge is 0.409 e. The first kappa shape index (κ1) is 11.4. The number of ketones is 1. The lowest BCUT2D eigenvalue weighted by Gasteiger charge is -2.00. The first-order valence-corrected chi connectivity index (χ1v) is 6.06. The van der Waals surface area contributed by atoms with Crippen LogP contribution in [-0.2, 0) is 14.9 Å². The molecule has 0 radical (unpaired) electrons. The van der Waals surface area contributed by atoms with Crippen LogP contribution in [0.2, 0.25) is 0 Å². The molecule has 76 valence electrons. The van der Waals surface area contributed by atoms with Gasteiger partial charge in [-0.15, -0.1) is 11.3 Å². The van der Waals surface area contributed by atoms with Crippen LogP contribution in [0.4, 0.5) is 0 Å². The molecular formula is C9H9BrO3S. The summed E-state index contributed by atoms with van der Waals surface area (Å²) in [6.45, 7) is 1.63. The molecule has 1 rings (SSSR count). The first-order chi connectivity index (χ1) is 6.69. The number of hydrogen-bond acceptors (Lipinski definition) is 4. The maximum Gasteiger partial charge on any atom is 0.380 e. The van der Waals surface area contributed by atoms with E-state index in [1.807, 2.05) is 11.4 Å². The van der Waals surface area contributed by atoms with E-state index in [0.717, 1.165) is 5.56 Å². The van der Waals surface area contributed by atoms with E-state index >= 15 is 0 Å². The van der Waals surface area contributed by atoms with E-state index in [9.17, 15) is 9.59 Å². The predicted octanol–water partition coefficient (Wildman–Crippen LogP) is 2.53. The second-order valence-electron chi connectivity index (χ2n) is 2.53. The minimum absolute atomic E-state index is 0.174. The Labute approximate surface area is 94.2 Å². The average Bonchev–Trinajstić information content (AvgIpc) is 2.63. The zero-order chi connectivity index (χ0) is 10.6. The van der Waals surface area contributed by atoms with Gasteiger partial charge in [-0.3, -0.25) is 4.79 Å². The zero-order valence-corrected chi connectivity index (χ0v) is 9.98. The molecule has 0 spiro atoms. The van der Waals surface area contributed by atoms with E-state index < -0.39 is 11.8 Å². The summed E-state index contributed by atoms with van der Waals surface area (Å²) >= 11 is 4.57. The average molecular weight is 277 g/mol. The van der Waals surface area contributed by atoms with Gasteiger partial charge in [-0.25, -0.2) is 4.79 Å². The highest BCUT2D eigenvalue weighted by Crippen LogP contribution is 2.28. The second-order valence-corrected chi connectivity index (χ2v) is 3.97. The molecule has 5 heteroatoms. The molecule has 0 aliphatic heterocycles. The lowest BCUT2D eigenvalue weighted by Crippen LogP contribution is -2.19. The van der Waals surface area contributed by atoms with Gasteiger partial charge in [0.15, 0.2) is 5.06 Å². The Kier molecular flexibility index (Phi) is 4.28. The van der Waals surface area contributed by atoms with Gasteiger partial charge in [0.25, 0.3) is 0 Å². The van der Waals surface area contributed by atoms with Gasteiger partial charge >= 0.3 is 5.97 Å². The van der Waals surface area contributed by atoms with Crippen molar-refractivity contribution >= 4 is 39.0 Å². The van der Waals surface area contributed by atoms with E-state index in [1.165, 1.54) is 11.3 Å². The molecule has 0 amide bonds. The van der Waals surface area contributed by atoms with Crippen molar-refractivity contribution in [1.82, 2.24) is 0 Å². The predicted molar refractivity (Wildman–Crippen MR) is 57.9 cm³/mol. The number of halogens is 1. The normalized spacial score (nSPS) is 9.86. The van der Waals surface area contributed by atoms with Crippen molar-refractivity contribution in [2.75, 3.05) is 0 Å². The second kappa shape index (κ2) is 5.26. The van der Waals surface area contributed by atoms with Crippen LogP contribution in [0.15, 0.2) is 11.4 Å². The van der Waals surface area contributed by atoms with Gasteiger partial charge in [0.2, 0.25) is 5.78 Å². The molecule has 0 N–H and O–H groups in total. The van der Waals surface area contributed by atoms with Crippen LogP contribution in [0, 0.1) is 0 Å². The lowest BCUT2D eigenvalue weighted by molar-refractivity contribution is -0.146. The Morgan fingerprint density at radius 3 is 2.86 bits per heavy atom. The van der Waals surface area contributed by atoms with Crippen molar-refractivity contribution in [2.24, 2.45) is 0 Å². The van der Waals surface area contributed by atoms with Crippen LogP contribution >= 0.6 is 27.3 Å². The van der Waals surface area contributed by atoms with Gasteiger partial charge in [-0.2, -0.15) is 0 Å². The third kappa shape index (κ3) is 2.65. The van der Waals surface area contributed by atoms with Crippen molar-refractivity contribution in [3.63, 3.8) is 0 Å². The van der Waals surface area contributed by atoms with Gasteiger partial charge in [-0.05, 0) is 11.4 Å². The van der Waals surface area contributed by atoms with Crippen LogP contribution in [0.5, 0.6) is 5.06 Å². The molecule has 1 aromatic heterocycles. The van der Waals surface area contributed by atoms with E-state index in [-0.39, 0.29) is 6.42 Å². The minimum atomic E-state index is -0.780. The highest BCUT2D eigenvalue weighted by Gasteiger charge is 2.16. The van der Waals surface area contributed by atoms with Gasteiger partial charge in [0, 0.05) is 17.3 Å². The lowest BCUT2D eigenvalue weighted by atomic mass is 10.3. The molecule has 3 nitrogen and oxygen atoms in total. The van der Waals surface area contributed by atoms with E-state index in [4.69, 9.17) is 4.74 Å². The molecule has 14 heavy (non-hydrogen) atoms. The molecule has 0 fully saturated rings. The molecule has 0 aliphatic carbocycles. The molecule has 0 bridgehead atoms. The van der Waals surface area contributed by atoms with E-state index in [1.54, 1.807) is 6.92 Å². The fraction of sp³-hybridized carbons (Fsp3) is 0.333. The molecule has 0 saturated carbocycles. The number of carbonyl (C=O) groups excluding carboxylic acids is 2. The fourth-order valence-electron chi connectivity index (χ4n) is 0.796. The quantitative estimate of drug-likeness (QED) is 0.482. The summed E-state index contributed by atoms with van der Waals surface area (Å²) in [5, 5.41) is 2.92. The summed E-state index contributed by atoms with van der Waals surface area (Å²) in [4.78, 5) is 22.1. The minimum Gasteiger partial charge on any atom is -0.409 e. The fourth-order valence-corrected chi connectivity index (χ4v) is 2.19. The van der Waals surface area contributed by atoms with Crippen LogP contribution < -0.4 is 4.74 Å². The highest BCUT2D eigenvalue weighted by atomic mass is 79.9. The molecular weight excluding hydrogens is 268 g/mol. The van der Waals surface area contributed by atoms with Gasteiger partial charge < -0.3 is 4.74 Å². The van der Waals surface area contributed by atoms with E-state index in [2.05, 4.69) is 15.9 Å². The van der Waals surface area contributed by atoms with Gasteiger partial charge in [0.05, 0.1) is 0 Å². The van der Waals surface area contributed by atoms with Gasteiger partial charge in [0.1, 0.15) is 0 Å². The Morgan fingerprint density at radius 1 is 1.57 bits per heavy atom. The Morgan fingerprint density at radius 2 is 2.29 bits per heavy atom. The van der Waals surface area contributed by atoms with Crippen molar-refractivity contribution in [1.29, 1.82) is 0 Å². The Bertz CT molecular complexity index is 346. The summed E-state index contributed by atoms with van der Waals surface area (Å²) in [5.41, 5.74) is 0.882. The summed E-state index contributed by atoms with van der Waals surface area (Å²) in [5.74, 6) is -1.28. The van der Waals surface area contributed by atoms with Crippen LogP contribution in [-0.4, -0.2) is 11.8 Å². The summed E-state index contributed by atoms with van der Waals surface area (Å²) < 4.78 is 4.93. The molecule has 0 unspecified atom stereocenters. The topological polar surface area (TPSA) is 43.4 Å². The first-order valence-electron chi connectivity index (χ1n) is 4.06. The number of ether oxygens (including phenoxy) is 1. The maximum absolute atomic E-state index is 11.1. The smallest absolute Gasteiger partial charge is 0.380 e. The maximum atomic E-state index is 11.1. The van der Waals surface area contributed by atoms with E-state index in [0.29, 0.717) is 10.4 Å². The Hall–Kier alpha value is -0.680. The number of rotatable bonds is 4. The Balaban J connectivity index is 2.69. The van der Waals surface area contributed by atoms with Crippen molar-refractivity contribution in [2.45, 2.75) is 18.7 Å². The zero-order valence-electron chi connectivity index (χ0n) is 7.58. The number of esters is 1. The number of thiophene rings is 1. The molecule has 0 aromatic carbocycles. The summed E-state index contributed by atoms with van der Waals surface area (Å²) in [6.07, 6.45) is 0.174. The number of alkyl halides is 1. The van der Waals surface area contributed by atoms with Crippen molar-refractivity contribution < 1.29 is 14.3 Å². The molecule has 1 aromatic rings. The monoisotopic (exact) mass is 276 g/mol. The SMILES string of the molecule is CCC(=O)C(=O)Oc1sccc1CBr. The number of hydrogen-bond donors (Lipinski definition) is 0. The van der Waals surface area contributed by atoms with Crippen molar-refractivity contribution in [3.05, 3.63) is 17.0 Å². The highest BCUT2D eigenvalue weighted by molar-refractivity contribution is 9.08. The standard InChI is InChI=1S/C9H9BrO3S/c1-2-7(11)8(12)13-9-6(5-10)3-4-14-9/h3-4H,2,5H2,1H3. The number of carbonyl (C=O) groups is 2. The number of Topliss-reactive ketones (excluding diaryl/α,β-unsaturated/α-hetero) is 1. The summed E-state index contributed by atoms with van der Waals surface area (Å²) in [6, 6.07) is 1.85. The summed E-state index contributed by atoms with van der Waals surface area (Å²) in [7, 11) is 0. The molecule has 0 aliphatic rings.